The highest BCUT2D eigenvalue weighted by atomic mass is 35.5. The van der Waals surface area contributed by atoms with Crippen LogP contribution in [0.25, 0.3) is 0 Å². The summed E-state index contributed by atoms with van der Waals surface area (Å²) in [6.45, 7) is 4.79. The Morgan fingerprint density at radius 2 is 2.15 bits per heavy atom. The van der Waals surface area contributed by atoms with Gasteiger partial charge in [0.2, 0.25) is 0 Å². The maximum Gasteiger partial charge on any atom is 0.294 e. The summed E-state index contributed by atoms with van der Waals surface area (Å²) in [5.41, 5.74) is -0.0340. The Morgan fingerprint density at radius 3 is 2.75 bits per heavy atom. The van der Waals surface area contributed by atoms with E-state index in [1.807, 2.05) is 6.92 Å². The van der Waals surface area contributed by atoms with Crippen molar-refractivity contribution >= 4 is 23.0 Å². The van der Waals surface area contributed by atoms with Gasteiger partial charge < -0.3 is 10.2 Å². The highest BCUT2D eigenvalue weighted by Crippen LogP contribution is 2.30. The van der Waals surface area contributed by atoms with E-state index in [9.17, 15) is 14.5 Å². The summed E-state index contributed by atoms with van der Waals surface area (Å²) in [6.07, 6.45) is 2.37. The molecule has 1 atom stereocenters. The number of nitrogens with one attached hydrogen (secondary N) is 1. The molecule has 1 fully saturated rings. The molecule has 1 saturated heterocycles. The standard InChI is InChI=1S/C13H17ClFN3O2/c1-9(8-17-4-2-3-5-17)16-12-7-11(15)10(14)6-13(12)18(19)20/h6-7,9,16H,2-5,8H2,1H3. The Balaban J connectivity index is 2.10. The average molecular weight is 302 g/mol. The quantitative estimate of drug-likeness (QED) is 0.670. The maximum atomic E-state index is 13.5. The van der Waals surface area contributed by atoms with E-state index in [0.29, 0.717) is 0 Å². The van der Waals surface area contributed by atoms with Crippen LogP contribution in [0.15, 0.2) is 12.1 Å². The average Bonchev–Trinajstić information content (AvgIpc) is 2.85. The van der Waals surface area contributed by atoms with Crippen molar-refractivity contribution in [2.24, 2.45) is 0 Å². The number of rotatable bonds is 5. The molecule has 0 saturated carbocycles. The number of likely N-dealkylation sites (tertiary alicyclic amines) is 1. The van der Waals surface area contributed by atoms with E-state index in [2.05, 4.69) is 10.2 Å². The number of nitro benzene ring substituents is 1. The summed E-state index contributed by atoms with van der Waals surface area (Å²) in [5, 5.41) is 13.7. The molecule has 20 heavy (non-hydrogen) atoms. The summed E-state index contributed by atoms with van der Waals surface area (Å²) in [5.74, 6) is -0.659. The molecule has 0 aromatic heterocycles. The second kappa shape index (κ2) is 6.37. The summed E-state index contributed by atoms with van der Waals surface area (Å²) in [4.78, 5) is 12.7. The van der Waals surface area contributed by atoms with E-state index in [0.717, 1.165) is 31.8 Å². The van der Waals surface area contributed by atoms with Crippen molar-refractivity contribution in [3.05, 3.63) is 33.1 Å². The third kappa shape index (κ3) is 3.58. The second-order valence-corrected chi connectivity index (χ2v) is 5.50. The Bertz CT molecular complexity index is 507. The minimum atomic E-state index is -0.659. The van der Waals surface area contributed by atoms with Crippen LogP contribution in [0.1, 0.15) is 19.8 Å². The molecule has 1 heterocycles. The van der Waals surface area contributed by atoms with E-state index in [1.165, 1.54) is 12.8 Å². The number of benzene rings is 1. The van der Waals surface area contributed by atoms with Crippen LogP contribution >= 0.6 is 11.6 Å². The molecular weight excluding hydrogens is 285 g/mol. The highest BCUT2D eigenvalue weighted by Gasteiger charge is 2.20. The van der Waals surface area contributed by atoms with Gasteiger partial charge in [-0.25, -0.2) is 4.39 Å². The van der Waals surface area contributed by atoms with Crippen LogP contribution in [-0.4, -0.2) is 35.5 Å². The van der Waals surface area contributed by atoms with Crippen LogP contribution in [-0.2, 0) is 0 Å². The first kappa shape index (κ1) is 15.0. The molecule has 1 aromatic carbocycles. The molecule has 5 nitrogen and oxygen atoms in total. The first-order chi connectivity index (χ1) is 9.47. The van der Waals surface area contributed by atoms with Crippen molar-refractivity contribution in [2.45, 2.75) is 25.8 Å². The van der Waals surface area contributed by atoms with Gasteiger partial charge in [-0.2, -0.15) is 0 Å². The molecule has 1 aliphatic heterocycles. The normalized spacial score (nSPS) is 17.1. The SMILES string of the molecule is CC(CN1CCCC1)Nc1cc(F)c(Cl)cc1[N+](=O)[O-]. The van der Waals surface area contributed by atoms with Crippen molar-refractivity contribution in [1.29, 1.82) is 0 Å². The van der Waals surface area contributed by atoms with Crippen molar-refractivity contribution < 1.29 is 9.31 Å². The van der Waals surface area contributed by atoms with Crippen LogP contribution < -0.4 is 5.32 Å². The number of nitrogens with zero attached hydrogens (tertiary/aromatic N) is 2. The second-order valence-electron chi connectivity index (χ2n) is 5.09. The highest BCUT2D eigenvalue weighted by molar-refractivity contribution is 6.31. The maximum absolute atomic E-state index is 13.5. The van der Waals surface area contributed by atoms with Crippen LogP contribution in [0.4, 0.5) is 15.8 Å². The van der Waals surface area contributed by atoms with Gasteiger partial charge in [-0.15, -0.1) is 0 Å². The van der Waals surface area contributed by atoms with Gasteiger partial charge in [0.25, 0.3) is 5.69 Å². The predicted molar refractivity (Wildman–Crippen MR) is 76.8 cm³/mol. The molecule has 1 aliphatic rings. The molecule has 0 amide bonds. The Kier molecular flexibility index (Phi) is 4.77. The van der Waals surface area contributed by atoms with Crippen LogP contribution in [0.2, 0.25) is 5.02 Å². The minimum Gasteiger partial charge on any atom is -0.376 e. The first-order valence-corrected chi connectivity index (χ1v) is 6.97. The molecule has 1 N–H and O–H groups in total. The Hall–Kier alpha value is -1.40. The van der Waals surface area contributed by atoms with E-state index < -0.39 is 10.7 Å². The fourth-order valence-corrected chi connectivity index (χ4v) is 2.62. The van der Waals surface area contributed by atoms with Gasteiger partial charge in [0.15, 0.2) is 0 Å². The molecule has 0 bridgehead atoms. The zero-order valence-corrected chi connectivity index (χ0v) is 12.0. The van der Waals surface area contributed by atoms with E-state index >= 15 is 0 Å². The third-order valence-electron chi connectivity index (χ3n) is 3.37. The van der Waals surface area contributed by atoms with Gasteiger partial charge in [-0.1, -0.05) is 11.6 Å². The van der Waals surface area contributed by atoms with Gasteiger partial charge in [0.05, 0.1) is 9.95 Å². The van der Waals surface area contributed by atoms with E-state index in [1.54, 1.807) is 0 Å². The predicted octanol–water partition coefficient (Wildman–Crippen LogP) is 3.28. The molecule has 110 valence electrons. The smallest absolute Gasteiger partial charge is 0.294 e. The van der Waals surface area contributed by atoms with Crippen molar-refractivity contribution in [3.8, 4) is 0 Å². The van der Waals surface area contributed by atoms with Crippen molar-refractivity contribution in [1.82, 2.24) is 4.90 Å². The van der Waals surface area contributed by atoms with Gasteiger partial charge in [-0.3, -0.25) is 10.1 Å². The topological polar surface area (TPSA) is 58.4 Å². The fourth-order valence-electron chi connectivity index (χ4n) is 2.47. The summed E-state index contributed by atoms with van der Waals surface area (Å²) < 4.78 is 13.5. The van der Waals surface area contributed by atoms with Gasteiger partial charge in [-0.05, 0) is 32.9 Å². The largest absolute Gasteiger partial charge is 0.376 e. The summed E-state index contributed by atoms with van der Waals surface area (Å²) in [6, 6.07) is 2.12. The lowest BCUT2D eigenvalue weighted by molar-refractivity contribution is -0.384. The van der Waals surface area contributed by atoms with Crippen molar-refractivity contribution in [3.63, 3.8) is 0 Å². The summed E-state index contributed by atoms with van der Waals surface area (Å²) >= 11 is 5.59. The van der Waals surface area contributed by atoms with E-state index in [4.69, 9.17) is 11.6 Å². The number of halogens is 2. The van der Waals surface area contributed by atoms with Crippen LogP contribution in [0.5, 0.6) is 0 Å². The van der Waals surface area contributed by atoms with E-state index in [-0.39, 0.29) is 22.4 Å². The number of nitro groups is 1. The minimum absolute atomic E-state index is 0.00706. The monoisotopic (exact) mass is 301 g/mol. The van der Waals surface area contributed by atoms with Crippen molar-refractivity contribution in [2.75, 3.05) is 25.0 Å². The first-order valence-electron chi connectivity index (χ1n) is 6.59. The number of hydrogen-bond acceptors (Lipinski definition) is 4. The van der Waals surface area contributed by atoms with Crippen LogP contribution in [0, 0.1) is 15.9 Å². The number of anilines is 1. The van der Waals surface area contributed by atoms with Gasteiger partial charge in [0, 0.05) is 24.7 Å². The molecule has 0 spiro atoms. The molecule has 7 heteroatoms. The fraction of sp³-hybridized carbons (Fsp3) is 0.538. The zero-order valence-electron chi connectivity index (χ0n) is 11.2. The number of hydrogen-bond donors (Lipinski definition) is 1. The molecule has 0 radical (unpaired) electrons. The Labute approximate surface area is 121 Å². The lowest BCUT2D eigenvalue weighted by Gasteiger charge is -2.22. The molecule has 0 aliphatic carbocycles. The Morgan fingerprint density at radius 1 is 1.50 bits per heavy atom. The van der Waals surface area contributed by atoms with Gasteiger partial charge in [0.1, 0.15) is 11.5 Å². The van der Waals surface area contributed by atoms with Gasteiger partial charge >= 0.3 is 0 Å². The lowest BCUT2D eigenvalue weighted by atomic mass is 10.2. The molecule has 1 aromatic rings. The molecule has 2 rings (SSSR count). The molecular formula is C13H17ClFN3O2. The van der Waals surface area contributed by atoms with Crippen LogP contribution in [0.3, 0.4) is 0 Å². The molecule has 1 unspecified atom stereocenters. The summed E-state index contributed by atoms with van der Waals surface area (Å²) in [7, 11) is 0. The zero-order chi connectivity index (χ0) is 14.7. The third-order valence-corrected chi connectivity index (χ3v) is 3.66. The lowest BCUT2D eigenvalue weighted by Crippen LogP contribution is -2.33.